The van der Waals surface area contributed by atoms with Gasteiger partial charge >= 0.3 is 5.97 Å². The molecule has 0 radical (unpaired) electrons. The first-order chi connectivity index (χ1) is 8.47. The van der Waals surface area contributed by atoms with Crippen molar-refractivity contribution >= 4 is 21.9 Å². The van der Waals surface area contributed by atoms with Crippen molar-refractivity contribution in [2.75, 3.05) is 14.2 Å². The Balaban J connectivity index is 2.66. The second-order valence-electron chi connectivity index (χ2n) is 4.51. The highest BCUT2D eigenvalue weighted by molar-refractivity contribution is 9.10. The molecule has 0 heterocycles. The van der Waals surface area contributed by atoms with E-state index in [1.165, 1.54) is 7.11 Å². The van der Waals surface area contributed by atoms with Gasteiger partial charge in [0.25, 0.3) is 0 Å². The van der Waals surface area contributed by atoms with Gasteiger partial charge in [-0.15, -0.1) is 0 Å². The fraction of sp³-hybridized carbons (Fsp3) is 0.462. The van der Waals surface area contributed by atoms with Crippen LogP contribution in [0.25, 0.3) is 0 Å². The molecule has 0 aliphatic heterocycles. The lowest BCUT2D eigenvalue weighted by molar-refractivity contribution is -0.140. The SMILES string of the molecule is COc1c(C)cc(C2(C(=O)O)CC2)c(OC)c1Br. The molecular formula is C13H15BrO4. The van der Waals surface area contributed by atoms with Crippen LogP contribution >= 0.6 is 15.9 Å². The smallest absolute Gasteiger partial charge is 0.314 e. The first kappa shape index (κ1) is 13.2. The summed E-state index contributed by atoms with van der Waals surface area (Å²) in [5.41, 5.74) is 0.834. The zero-order valence-corrected chi connectivity index (χ0v) is 12.1. The highest BCUT2D eigenvalue weighted by Gasteiger charge is 2.54. The van der Waals surface area contributed by atoms with Gasteiger partial charge < -0.3 is 14.6 Å². The van der Waals surface area contributed by atoms with Gasteiger partial charge in [-0.2, -0.15) is 0 Å². The Labute approximate surface area is 114 Å². The van der Waals surface area contributed by atoms with E-state index in [1.807, 2.05) is 13.0 Å². The predicted octanol–water partition coefficient (Wildman–Crippen LogP) is 2.89. The zero-order valence-electron chi connectivity index (χ0n) is 10.5. The summed E-state index contributed by atoms with van der Waals surface area (Å²) in [7, 11) is 3.12. The first-order valence-electron chi connectivity index (χ1n) is 5.63. The van der Waals surface area contributed by atoms with Gasteiger partial charge in [0, 0.05) is 5.56 Å². The molecule has 0 saturated heterocycles. The van der Waals surface area contributed by atoms with Gasteiger partial charge in [0.2, 0.25) is 0 Å². The Bertz CT molecular complexity index is 506. The van der Waals surface area contributed by atoms with Crippen molar-refractivity contribution in [1.29, 1.82) is 0 Å². The van der Waals surface area contributed by atoms with Gasteiger partial charge in [0.1, 0.15) is 16.0 Å². The molecule has 5 heteroatoms. The largest absolute Gasteiger partial charge is 0.495 e. The van der Waals surface area contributed by atoms with Crippen LogP contribution in [0.5, 0.6) is 11.5 Å². The fourth-order valence-corrected chi connectivity index (χ4v) is 3.12. The van der Waals surface area contributed by atoms with E-state index in [-0.39, 0.29) is 0 Å². The number of carboxylic acid groups (broad SMARTS) is 1. The second-order valence-corrected chi connectivity index (χ2v) is 5.30. The molecule has 18 heavy (non-hydrogen) atoms. The average molecular weight is 315 g/mol. The summed E-state index contributed by atoms with van der Waals surface area (Å²) < 4.78 is 11.3. The minimum Gasteiger partial charge on any atom is -0.495 e. The van der Waals surface area contributed by atoms with E-state index in [1.54, 1.807) is 7.11 Å². The van der Waals surface area contributed by atoms with Crippen LogP contribution in [0.1, 0.15) is 24.0 Å². The Morgan fingerprint density at radius 1 is 1.33 bits per heavy atom. The van der Waals surface area contributed by atoms with E-state index in [2.05, 4.69) is 15.9 Å². The maximum atomic E-state index is 11.4. The fourth-order valence-electron chi connectivity index (χ4n) is 2.27. The lowest BCUT2D eigenvalue weighted by Gasteiger charge is -2.19. The van der Waals surface area contributed by atoms with E-state index in [0.717, 1.165) is 11.1 Å². The van der Waals surface area contributed by atoms with Crippen molar-refractivity contribution < 1.29 is 19.4 Å². The second kappa shape index (κ2) is 4.46. The van der Waals surface area contributed by atoms with Crippen molar-refractivity contribution in [2.45, 2.75) is 25.2 Å². The molecule has 0 aromatic heterocycles. The molecule has 1 aliphatic carbocycles. The molecule has 1 N–H and O–H groups in total. The van der Waals surface area contributed by atoms with Gasteiger partial charge in [0.05, 0.1) is 19.6 Å². The van der Waals surface area contributed by atoms with Crippen molar-refractivity contribution in [2.24, 2.45) is 0 Å². The molecule has 1 aromatic rings. The van der Waals surface area contributed by atoms with Crippen LogP contribution in [0, 0.1) is 6.92 Å². The van der Waals surface area contributed by atoms with E-state index in [0.29, 0.717) is 28.8 Å². The molecule has 1 fully saturated rings. The number of carboxylic acids is 1. The van der Waals surface area contributed by atoms with Crippen LogP contribution in [-0.4, -0.2) is 25.3 Å². The number of hydrogen-bond donors (Lipinski definition) is 1. The number of benzene rings is 1. The molecule has 1 aromatic carbocycles. The molecule has 1 saturated carbocycles. The summed E-state index contributed by atoms with van der Waals surface area (Å²) in [5.74, 6) is 0.436. The van der Waals surface area contributed by atoms with Crippen LogP contribution in [0.15, 0.2) is 10.5 Å². The molecule has 0 amide bonds. The number of aryl methyl sites for hydroxylation is 1. The molecule has 98 valence electrons. The molecule has 0 unspecified atom stereocenters. The molecule has 2 rings (SSSR count). The van der Waals surface area contributed by atoms with Crippen LogP contribution in [0.3, 0.4) is 0 Å². The van der Waals surface area contributed by atoms with Crippen molar-refractivity contribution in [3.8, 4) is 11.5 Å². The number of carbonyl (C=O) groups is 1. The number of methoxy groups -OCH3 is 2. The summed E-state index contributed by atoms with van der Waals surface area (Å²) in [4.78, 5) is 11.4. The van der Waals surface area contributed by atoms with Crippen molar-refractivity contribution in [1.82, 2.24) is 0 Å². The zero-order chi connectivity index (χ0) is 13.5. The third-order valence-corrected chi connectivity index (χ3v) is 4.17. The van der Waals surface area contributed by atoms with Crippen LogP contribution < -0.4 is 9.47 Å². The molecule has 0 bridgehead atoms. The Morgan fingerprint density at radius 2 is 1.89 bits per heavy atom. The minimum atomic E-state index is -0.794. The monoisotopic (exact) mass is 314 g/mol. The predicted molar refractivity (Wildman–Crippen MR) is 70.5 cm³/mol. The molecule has 1 aliphatic rings. The lowest BCUT2D eigenvalue weighted by Crippen LogP contribution is -2.21. The van der Waals surface area contributed by atoms with E-state index < -0.39 is 11.4 Å². The Kier molecular flexibility index (Phi) is 3.27. The van der Waals surface area contributed by atoms with E-state index in [9.17, 15) is 9.90 Å². The van der Waals surface area contributed by atoms with E-state index in [4.69, 9.17) is 9.47 Å². The topological polar surface area (TPSA) is 55.8 Å². The highest BCUT2D eigenvalue weighted by atomic mass is 79.9. The highest BCUT2D eigenvalue weighted by Crippen LogP contribution is 2.55. The summed E-state index contributed by atoms with van der Waals surface area (Å²) in [6.07, 6.45) is 1.30. The Hall–Kier alpha value is -1.23. The number of hydrogen-bond acceptors (Lipinski definition) is 3. The number of aliphatic carboxylic acids is 1. The molecule has 0 atom stereocenters. The summed E-state index contributed by atoms with van der Waals surface area (Å²) >= 11 is 3.43. The van der Waals surface area contributed by atoms with Crippen LogP contribution in [0.4, 0.5) is 0 Å². The number of ether oxygens (including phenoxy) is 2. The molecule has 4 nitrogen and oxygen atoms in total. The standard InChI is InChI=1S/C13H15BrO4/c1-7-6-8(13(4-5-13)12(15)16)11(18-3)9(14)10(7)17-2/h6H,4-5H2,1-3H3,(H,15,16). The first-order valence-corrected chi connectivity index (χ1v) is 6.42. The average Bonchev–Trinajstić information content (AvgIpc) is 3.10. The molecular weight excluding hydrogens is 300 g/mol. The minimum absolute atomic E-state index is 0.553. The number of rotatable bonds is 4. The van der Waals surface area contributed by atoms with Crippen molar-refractivity contribution in [3.63, 3.8) is 0 Å². The van der Waals surface area contributed by atoms with Crippen molar-refractivity contribution in [3.05, 3.63) is 21.7 Å². The quantitative estimate of drug-likeness (QED) is 0.928. The summed E-state index contributed by atoms with van der Waals surface area (Å²) in [6.45, 7) is 1.89. The Morgan fingerprint density at radius 3 is 2.28 bits per heavy atom. The van der Waals surface area contributed by atoms with Crippen LogP contribution in [0.2, 0.25) is 0 Å². The van der Waals surface area contributed by atoms with E-state index >= 15 is 0 Å². The normalized spacial score (nSPS) is 16.2. The summed E-state index contributed by atoms with van der Waals surface area (Å²) in [6, 6.07) is 1.85. The van der Waals surface area contributed by atoms with Gasteiger partial charge in [-0.05, 0) is 47.3 Å². The third kappa shape index (κ3) is 1.77. The maximum Gasteiger partial charge on any atom is 0.314 e. The summed E-state index contributed by atoms with van der Waals surface area (Å²) in [5, 5.41) is 9.38. The van der Waals surface area contributed by atoms with Crippen LogP contribution in [-0.2, 0) is 10.2 Å². The van der Waals surface area contributed by atoms with Gasteiger partial charge in [0.15, 0.2) is 0 Å². The van der Waals surface area contributed by atoms with Gasteiger partial charge in [-0.3, -0.25) is 4.79 Å². The van der Waals surface area contributed by atoms with Gasteiger partial charge in [-0.25, -0.2) is 0 Å². The van der Waals surface area contributed by atoms with Gasteiger partial charge in [-0.1, -0.05) is 0 Å². The molecule has 0 spiro atoms. The lowest BCUT2D eigenvalue weighted by atomic mass is 9.93. The third-order valence-electron chi connectivity index (χ3n) is 3.45. The maximum absolute atomic E-state index is 11.4. The number of halogens is 1.